The standard InChI is InChI=1S/C16H27FN2O/c1-5-15(18)16(13-9-7-8-10-14(13)17)19(6-2)12(3)11-20-4/h7-10,12,15-16H,5-6,11,18H2,1-4H3. The van der Waals surface area contributed by atoms with Crippen molar-refractivity contribution in [3.63, 3.8) is 0 Å². The Labute approximate surface area is 121 Å². The number of benzene rings is 1. The summed E-state index contributed by atoms with van der Waals surface area (Å²) in [6, 6.07) is 6.86. The molecule has 0 fully saturated rings. The first-order chi connectivity index (χ1) is 9.56. The minimum absolute atomic E-state index is 0.105. The van der Waals surface area contributed by atoms with E-state index in [1.165, 1.54) is 6.07 Å². The molecule has 0 saturated carbocycles. The first kappa shape index (κ1) is 17.1. The Kier molecular flexibility index (Phi) is 7.13. The highest BCUT2D eigenvalue weighted by Gasteiger charge is 2.29. The topological polar surface area (TPSA) is 38.5 Å². The fourth-order valence-corrected chi connectivity index (χ4v) is 2.71. The van der Waals surface area contributed by atoms with Crippen LogP contribution in [0.4, 0.5) is 4.39 Å². The fraction of sp³-hybridized carbons (Fsp3) is 0.625. The van der Waals surface area contributed by atoms with Crippen molar-refractivity contribution in [2.45, 2.75) is 45.3 Å². The number of likely N-dealkylation sites (N-methyl/N-ethyl adjacent to an activating group) is 1. The molecule has 3 atom stereocenters. The number of methoxy groups -OCH3 is 1. The summed E-state index contributed by atoms with van der Waals surface area (Å²) in [7, 11) is 1.68. The third-order valence-electron chi connectivity index (χ3n) is 3.80. The summed E-state index contributed by atoms with van der Waals surface area (Å²) in [6.45, 7) is 7.60. The van der Waals surface area contributed by atoms with Gasteiger partial charge in [0.25, 0.3) is 0 Å². The molecule has 0 amide bonds. The van der Waals surface area contributed by atoms with Gasteiger partial charge in [0.05, 0.1) is 12.6 Å². The van der Waals surface area contributed by atoms with E-state index in [1.807, 2.05) is 19.1 Å². The zero-order chi connectivity index (χ0) is 15.1. The minimum atomic E-state index is -0.190. The Hall–Kier alpha value is -0.970. The molecule has 0 spiro atoms. The van der Waals surface area contributed by atoms with E-state index in [1.54, 1.807) is 13.2 Å². The van der Waals surface area contributed by atoms with Gasteiger partial charge in [-0.1, -0.05) is 32.0 Å². The zero-order valence-electron chi connectivity index (χ0n) is 13.0. The maximum Gasteiger partial charge on any atom is 0.128 e. The molecule has 0 aliphatic heterocycles. The lowest BCUT2D eigenvalue weighted by Gasteiger charge is -2.39. The number of ether oxygens (including phenoxy) is 1. The van der Waals surface area contributed by atoms with Crippen LogP contribution in [-0.2, 0) is 4.74 Å². The van der Waals surface area contributed by atoms with Crippen LogP contribution in [0.3, 0.4) is 0 Å². The van der Waals surface area contributed by atoms with E-state index in [9.17, 15) is 4.39 Å². The molecule has 4 heteroatoms. The van der Waals surface area contributed by atoms with Gasteiger partial charge >= 0.3 is 0 Å². The molecule has 2 N–H and O–H groups in total. The molecule has 0 aromatic heterocycles. The van der Waals surface area contributed by atoms with Crippen LogP contribution in [-0.4, -0.2) is 37.2 Å². The van der Waals surface area contributed by atoms with Gasteiger partial charge in [0.15, 0.2) is 0 Å². The van der Waals surface area contributed by atoms with Crippen LogP contribution in [0.25, 0.3) is 0 Å². The second-order valence-electron chi connectivity index (χ2n) is 5.17. The second-order valence-corrected chi connectivity index (χ2v) is 5.17. The first-order valence-corrected chi connectivity index (χ1v) is 7.31. The number of halogens is 1. The monoisotopic (exact) mass is 282 g/mol. The van der Waals surface area contributed by atoms with Crippen LogP contribution in [0, 0.1) is 5.82 Å². The molecule has 3 unspecified atom stereocenters. The van der Waals surface area contributed by atoms with E-state index < -0.39 is 0 Å². The van der Waals surface area contributed by atoms with Gasteiger partial charge in [-0.15, -0.1) is 0 Å². The normalized spacial score (nSPS) is 16.1. The van der Waals surface area contributed by atoms with Gasteiger partial charge in [0.1, 0.15) is 5.82 Å². The van der Waals surface area contributed by atoms with Gasteiger partial charge in [-0.3, -0.25) is 4.90 Å². The minimum Gasteiger partial charge on any atom is -0.383 e. The summed E-state index contributed by atoms with van der Waals surface area (Å²) >= 11 is 0. The third kappa shape index (κ3) is 4.01. The van der Waals surface area contributed by atoms with E-state index in [0.29, 0.717) is 12.2 Å². The molecule has 0 aliphatic rings. The molecule has 114 valence electrons. The number of hydrogen-bond donors (Lipinski definition) is 1. The molecule has 1 aromatic rings. The maximum atomic E-state index is 14.2. The van der Waals surface area contributed by atoms with E-state index in [4.69, 9.17) is 10.5 Å². The molecular formula is C16H27FN2O. The molecule has 1 aromatic carbocycles. The summed E-state index contributed by atoms with van der Waals surface area (Å²) < 4.78 is 19.4. The Morgan fingerprint density at radius 1 is 1.30 bits per heavy atom. The summed E-state index contributed by atoms with van der Waals surface area (Å²) in [6.07, 6.45) is 0.801. The van der Waals surface area contributed by atoms with Crippen molar-refractivity contribution in [3.8, 4) is 0 Å². The zero-order valence-corrected chi connectivity index (χ0v) is 13.0. The van der Waals surface area contributed by atoms with Crippen LogP contribution in [0.15, 0.2) is 24.3 Å². The average molecular weight is 282 g/mol. The predicted molar refractivity (Wildman–Crippen MR) is 81.1 cm³/mol. The van der Waals surface area contributed by atoms with Gasteiger partial charge in [0.2, 0.25) is 0 Å². The lowest BCUT2D eigenvalue weighted by atomic mass is 9.94. The van der Waals surface area contributed by atoms with Crippen molar-refractivity contribution in [1.82, 2.24) is 4.90 Å². The lowest BCUT2D eigenvalue weighted by Crippen LogP contribution is -2.46. The number of rotatable bonds is 8. The molecular weight excluding hydrogens is 255 g/mol. The number of nitrogens with two attached hydrogens (primary N) is 1. The quantitative estimate of drug-likeness (QED) is 0.796. The molecule has 0 bridgehead atoms. The lowest BCUT2D eigenvalue weighted by molar-refractivity contribution is 0.0615. The van der Waals surface area contributed by atoms with E-state index in [-0.39, 0.29) is 23.9 Å². The van der Waals surface area contributed by atoms with E-state index in [2.05, 4.69) is 18.7 Å². The summed E-state index contributed by atoms with van der Waals surface area (Å²) in [5.74, 6) is -0.190. The van der Waals surface area contributed by atoms with Crippen molar-refractivity contribution >= 4 is 0 Å². The maximum absolute atomic E-state index is 14.2. The van der Waals surface area contributed by atoms with Gasteiger partial charge in [0, 0.05) is 24.8 Å². The molecule has 0 saturated heterocycles. The highest BCUT2D eigenvalue weighted by Crippen LogP contribution is 2.28. The third-order valence-corrected chi connectivity index (χ3v) is 3.80. The van der Waals surface area contributed by atoms with E-state index in [0.717, 1.165) is 13.0 Å². The molecule has 3 nitrogen and oxygen atoms in total. The smallest absolute Gasteiger partial charge is 0.128 e. The average Bonchev–Trinajstić information content (AvgIpc) is 2.45. The SMILES string of the molecule is CCC(N)C(c1ccccc1F)N(CC)C(C)COC. The Balaban J connectivity index is 3.14. The summed E-state index contributed by atoms with van der Waals surface area (Å²) in [4.78, 5) is 2.22. The molecule has 0 heterocycles. The van der Waals surface area contributed by atoms with Crippen LogP contribution in [0.5, 0.6) is 0 Å². The summed E-state index contributed by atoms with van der Waals surface area (Å²) in [5, 5.41) is 0. The molecule has 20 heavy (non-hydrogen) atoms. The molecule has 1 rings (SSSR count). The van der Waals surface area contributed by atoms with Gasteiger partial charge < -0.3 is 10.5 Å². The van der Waals surface area contributed by atoms with Gasteiger partial charge in [-0.2, -0.15) is 0 Å². The molecule has 0 aliphatic carbocycles. The van der Waals surface area contributed by atoms with Crippen molar-refractivity contribution < 1.29 is 9.13 Å². The highest BCUT2D eigenvalue weighted by atomic mass is 19.1. The van der Waals surface area contributed by atoms with E-state index >= 15 is 0 Å². The van der Waals surface area contributed by atoms with Crippen molar-refractivity contribution in [1.29, 1.82) is 0 Å². The molecule has 0 radical (unpaired) electrons. The van der Waals surface area contributed by atoms with Crippen LogP contribution >= 0.6 is 0 Å². The van der Waals surface area contributed by atoms with Crippen molar-refractivity contribution in [3.05, 3.63) is 35.6 Å². The number of hydrogen-bond acceptors (Lipinski definition) is 3. The van der Waals surface area contributed by atoms with Crippen LogP contribution in [0.2, 0.25) is 0 Å². The van der Waals surface area contributed by atoms with Crippen LogP contribution in [0.1, 0.15) is 38.8 Å². The highest BCUT2D eigenvalue weighted by molar-refractivity contribution is 5.23. The van der Waals surface area contributed by atoms with Crippen molar-refractivity contribution in [2.75, 3.05) is 20.3 Å². The van der Waals surface area contributed by atoms with Crippen LogP contribution < -0.4 is 5.73 Å². The Bertz CT molecular complexity index is 400. The second kappa shape index (κ2) is 8.35. The predicted octanol–water partition coefficient (Wildman–Crippen LogP) is 2.96. The Morgan fingerprint density at radius 2 is 1.95 bits per heavy atom. The fourth-order valence-electron chi connectivity index (χ4n) is 2.71. The number of nitrogens with zero attached hydrogens (tertiary/aromatic N) is 1. The van der Waals surface area contributed by atoms with Crippen molar-refractivity contribution in [2.24, 2.45) is 5.73 Å². The van der Waals surface area contributed by atoms with Gasteiger partial charge in [-0.25, -0.2) is 4.39 Å². The summed E-state index contributed by atoms with van der Waals surface area (Å²) in [5.41, 5.74) is 6.95. The first-order valence-electron chi connectivity index (χ1n) is 7.31. The largest absolute Gasteiger partial charge is 0.383 e. The Morgan fingerprint density at radius 3 is 2.45 bits per heavy atom. The van der Waals surface area contributed by atoms with Gasteiger partial charge in [-0.05, 0) is 26.0 Å².